The number of nitrogens with one attached hydrogen (secondary N) is 1. The lowest BCUT2D eigenvalue weighted by Gasteiger charge is -2.20. The third-order valence-corrected chi connectivity index (χ3v) is 6.28. The number of ether oxygens (including phenoxy) is 2. The summed E-state index contributed by atoms with van der Waals surface area (Å²) in [6.07, 6.45) is -4.44. The molecule has 0 saturated carbocycles. The van der Waals surface area contributed by atoms with Gasteiger partial charge in [0.25, 0.3) is 5.92 Å². The summed E-state index contributed by atoms with van der Waals surface area (Å²) in [6, 6.07) is 7.98. The standard InChI is InChI=1S/C28H30ClF5N4O4/c1-18(2)27(30,31)20-12-21(28(32,33)34)14-23(13-20)42-26-36-25(37(3)17-35-8-10-41-11-9-39)24(16-40)38(26)15-19-4-6-22(29)7-5-19/h4-7,12-14,16,35,39H,1,8-11,15,17H2,2-3H3. The maximum Gasteiger partial charge on any atom is 0.416 e. The van der Waals surface area contributed by atoms with Crippen molar-refractivity contribution < 1.29 is 41.3 Å². The van der Waals surface area contributed by atoms with Crippen molar-refractivity contribution in [3.63, 3.8) is 0 Å². The molecule has 3 rings (SSSR count). The molecule has 0 spiro atoms. The zero-order valence-corrected chi connectivity index (χ0v) is 23.6. The molecule has 3 aromatic rings. The number of benzene rings is 2. The molecule has 0 unspecified atom stereocenters. The number of anilines is 1. The van der Waals surface area contributed by atoms with Crippen LogP contribution in [0.5, 0.6) is 11.8 Å². The molecule has 0 fully saturated rings. The number of imidazole rings is 1. The Hall–Kier alpha value is -3.52. The van der Waals surface area contributed by atoms with Crippen molar-refractivity contribution in [3.05, 3.63) is 82.0 Å². The highest BCUT2D eigenvalue weighted by atomic mass is 35.5. The van der Waals surface area contributed by atoms with Crippen molar-refractivity contribution in [3.8, 4) is 11.8 Å². The molecule has 42 heavy (non-hydrogen) atoms. The second-order valence-electron chi connectivity index (χ2n) is 9.33. The molecular formula is C28H30ClF5N4O4. The van der Waals surface area contributed by atoms with Gasteiger partial charge in [-0.15, -0.1) is 0 Å². The first kappa shape index (κ1) is 33.0. The first-order valence-electron chi connectivity index (χ1n) is 12.6. The summed E-state index contributed by atoms with van der Waals surface area (Å²) in [5.74, 6) is -4.21. The van der Waals surface area contributed by atoms with Crippen LogP contribution in [0.25, 0.3) is 0 Å². The van der Waals surface area contributed by atoms with Gasteiger partial charge in [0, 0.05) is 24.2 Å². The van der Waals surface area contributed by atoms with Crippen LogP contribution in [-0.2, 0) is 23.4 Å². The topological polar surface area (TPSA) is 88.9 Å². The summed E-state index contributed by atoms with van der Waals surface area (Å²) in [4.78, 5) is 18.2. The molecule has 0 atom stereocenters. The zero-order chi connectivity index (χ0) is 31.1. The Kier molecular flexibility index (Phi) is 11.1. The van der Waals surface area contributed by atoms with Crippen molar-refractivity contribution in [1.82, 2.24) is 14.9 Å². The molecule has 1 aromatic heterocycles. The van der Waals surface area contributed by atoms with Crippen LogP contribution in [0, 0.1) is 0 Å². The Balaban J connectivity index is 2.05. The molecule has 228 valence electrons. The third-order valence-electron chi connectivity index (χ3n) is 6.03. The molecular weight excluding hydrogens is 587 g/mol. The predicted octanol–water partition coefficient (Wildman–Crippen LogP) is 5.87. The minimum absolute atomic E-state index is 0.00239. The lowest BCUT2D eigenvalue weighted by atomic mass is 10.00. The van der Waals surface area contributed by atoms with Gasteiger partial charge >= 0.3 is 12.2 Å². The number of aliphatic hydroxyl groups is 1. The molecule has 0 amide bonds. The Labute approximate surface area is 244 Å². The molecule has 2 N–H and O–H groups in total. The summed E-state index contributed by atoms with van der Waals surface area (Å²) < 4.78 is 82.8. The number of allylic oxidation sites excluding steroid dienone is 1. The first-order valence-corrected chi connectivity index (χ1v) is 13.0. The number of hydrogen-bond acceptors (Lipinski definition) is 7. The van der Waals surface area contributed by atoms with Crippen LogP contribution in [-0.4, -0.2) is 61.0 Å². The Morgan fingerprint density at radius 3 is 2.40 bits per heavy atom. The molecule has 2 aromatic carbocycles. The second kappa shape index (κ2) is 14.1. The lowest BCUT2D eigenvalue weighted by Crippen LogP contribution is -2.34. The number of aromatic nitrogens is 2. The minimum Gasteiger partial charge on any atom is -0.425 e. The second-order valence-corrected chi connectivity index (χ2v) is 9.76. The third kappa shape index (κ3) is 8.28. The number of aliphatic hydroxyl groups excluding tert-OH is 1. The molecule has 0 aliphatic carbocycles. The number of hydrogen-bond donors (Lipinski definition) is 2. The van der Waals surface area contributed by atoms with Gasteiger partial charge in [-0.3, -0.25) is 14.7 Å². The van der Waals surface area contributed by atoms with Gasteiger partial charge in [-0.1, -0.05) is 30.3 Å². The normalized spacial score (nSPS) is 11.9. The van der Waals surface area contributed by atoms with E-state index >= 15 is 0 Å². The van der Waals surface area contributed by atoms with Gasteiger partial charge in [0.2, 0.25) is 0 Å². The van der Waals surface area contributed by atoms with E-state index in [4.69, 9.17) is 26.2 Å². The van der Waals surface area contributed by atoms with Crippen molar-refractivity contribution in [2.24, 2.45) is 0 Å². The van der Waals surface area contributed by atoms with Crippen LogP contribution in [0.15, 0.2) is 54.6 Å². The van der Waals surface area contributed by atoms with E-state index in [1.54, 1.807) is 36.2 Å². The molecule has 0 bridgehead atoms. The Morgan fingerprint density at radius 2 is 1.81 bits per heavy atom. The fraction of sp³-hybridized carbons (Fsp3) is 0.357. The SMILES string of the molecule is C=C(C)C(F)(F)c1cc(Oc2nc(N(C)CNCCOCCO)c(C=O)n2Cc2ccc(Cl)cc2)cc(C(F)(F)F)c1. The monoisotopic (exact) mass is 616 g/mol. The number of carbonyl (C=O) groups excluding carboxylic acids is 1. The van der Waals surface area contributed by atoms with Crippen molar-refractivity contribution in [2.45, 2.75) is 25.6 Å². The zero-order valence-electron chi connectivity index (χ0n) is 22.8. The van der Waals surface area contributed by atoms with E-state index in [2.05, 4.69) is 16.9 Å². The molecule has 1 heterocycles. The average Bonchev–Trinajstić information content (AvgIpc) is 3.27. The van der Waals surface area contributed by atoms with E-state index in [1.807, 2.05) is 0 Å². The van der Waals surface area contributed by atoms with Gasteiger partial charge in [0.05, 0.1) is 38.6 Å². The predicted molar refractivity (Wildman–Crippen MR) is 148 cm³/mol. The Morgan fingerprint density at radius 1 is 1.14 bits per heavy atom. The van der Waals surface area contributed by atoms with Crippen LogP contribution in [0.3, 0.4) is 0 Å². The number of halogens is 6. The number of alkyl halides is 5. The quantitative estimate of drug-likeness (QED) is 0.0726. The molecule has 0 aliphatic heterocycles. The van der Waals surface area contributed by atoms with Gasteiger partial charge in [0.1, 0.15) is 11.4 Å². The smallest absolute Gasteiger partial charge is 0.416 e. The summed E-state index contributed by atoms with van der Waals surface area (Å²) in [5.41, 5.74) is -2.29. The van der Waals surface area contributed by atoms with Crippen LogP contribution in [0.2, 0.25) is 5.02 Å². The molecule has 0 aliphatic rings. The number of aldehydes is 1. The minimum atomic E-state index is -4.95. The molecule has 8 nitrogen and oxygen atoms in total. The highest BCUT2D eigenvalue weighted by molar-refractivity contribution is 6.30. The maximum atomic E-state index is 14.8. The van der Waals surface area contributed by atoms with Gasteiger partial charge in [-0.05, 0) is 48.4 Å². The van der Waals surface area contributed by atoms with E-state index in [0.29, 0.717) is 42.2 Å². The van der Waals surface area contributed by atoms with Gasteiger partial charge in [0.15, 0.2) is 12.1 Å². The number of carbonyl (C=O) groups is 1. The van der Waals surface area contributed by atoms with Crippen LogP contribution >= 0.6 is 11.6 Å². The fourth-order valence-electron chi connectivity index (χ4n) is 3.82. The average molecular weight is 617 g/mol. The molecule has 0 saturated heterocycles. The fourth-order valence-corrected chi connectivity index (χ4v) is 3.95. The molecule has 14 heteroatoms. The number of rotatable bonds is 15. The summed E-state index contributed by atoms with van der Waals surface area (Å²) in [5, 5.41) is 12.3. The maximum absolute atomic E-state index is 14.8. The van der Waals surface area contributed by atoms with Crippen LogP contribution < -0.4 is 15.0 Å². The van der Waals surface area contributed by atoms with E-state index in [-0.39, 0.29) is 43.9 Å². The highest BCUT2D eigenvalue weighted by Gasteiger charge is 2.38. The van der Waals surface area contributed by atoms with E-state index in [9.17, 15) is 26.7 Å². The van der Waals surface area contributed by atoms with E-state index < -0.39 is 34.5 Å². The number of nitrogens with zero attached hydrogens (tertiary/aromatic N) is 3. The largest absolute Gasteiger partial charge is 0.425 e. The summed E-state index contributed by atoms with van der Waals surface area (Å²) in [7, 11) is 1.61. The van der Waals surface area contributed by atoms with Crippen LogP contribution in [0.4, 0.5) is 27.8 Å². The van der Waals surface area contributed by atoms with Gasteiger partial charge in [-0.2, -0.15) is 26.9 Å². The van der Waals surface area contributed by atoms with E-state index in [1.165, 1.54) is 4.57 Å². The first-order chi connectivity index (χ1) is 19.8. The lowest BCUT2D eigenvalue weighted by molar-refractivity contribution is -0.137. The van der Waals surface area contributed by atoms with Crippen molar-refractivity contribution in [1.29, 1.82) is 0 Å². The van der Waals surface area contributed by atoms with E-state index in [0.717, 1.165) is 13.0 Å². The van der Waals surface area contributed by atoms with Crippen molar-refractivity contribution >= 4 is 23.7 Å². The summed E-state index contributed by atoms with van der Waals surface area (Å²) in [6.45, 7) is 5.15. The van der Waals surface area contributed by atoms with Gasteiger partial charge in [-0.25, -0.2) is 0 Å². The van der Waals surface area contributed by atoms with Gasteiger partial charge < -0.3 is 19.5 Å². The highest BCUT2D eigenvalue weighted by Crippen LogP contribution is 2.41. The van der Waals surface area contributed by atoms with Crippen molar-refractivity contribution in [2.75, 3.05) is 45.0 Å². The van der Waals surface area contributed by atoms with Crippen LogP contribution in [0.1, 0.15) is 34.1 Å². The Bertz CT molecular complexity index is 1380. The summed E-state index contributed by atoms with van der Waals surface area (Å²) >= 11 is 5.98. The molecule has 0 radical (unpaired) electrons.